The van der Waals surface area contributed by atoms with Crippen LogP contribution in [0.1, 0.15) is 19.0 Å². The molecule has 2 aromatic rings. The molecule has 1 atom stereocenters. The third-order valence-electron chi connectivity index (χ3n) is 3.62. The molecule has 5 nitrogen and oxygen atoms in total. The molecule has 3 rings (SSSR count). The Bertz CT molecular complexity index is 757. The highest BCUT2D eigenvalue weighted by Crippen LogP contribution is 2.16. The molecule has 0 radical (unpaired) electrons. The number of rotatable bonds is 1. The first-order valence-corrected chi connectivity index (χ1v) is 6.24. The fourth-order valence-corrected chi connectivity index (χ4v) is 2.64. The molecule has 1 aliphatic heterocycles. The normalized spacial score (nSPS) is 19.2. The first-order chi connectivity index (χ1) is 9.11. The SMILES string of the molecule is Cn1c(=O)n(C2CCCN2)c(=O)c2c(F)cccc21. The fraction of sp³-hybridized carbons (Fsp3) is 0.385. The van der Waals surface area contributed by atoms with Crippen molar-refractivity contribution in [2.24, 2.45) is 7.05 Å². The lowest BCUT2D eigenvalue weighted by molar-refractivity contribution is 0.429. The van der Waals surface area contributed by atoms with Crippen molar-refractivity contribution >= 4 is 10.9 Å². The number of halogens is 1. The average Bonchev–Trinajstić information content (AvgIpc) is 2.90. The third-order valence-corrected chi connectivity index (χ3v) is 3.62. The van der Waals surface area contributed by atoms with Gasteiger partial charge in [-0.1, -0.05) is 6.07 Å². The third kappa shape index (κ3) is 1.71. The Hall–Kier alpha value is -1.95. The first-order valence-electron chi connectivity index (χ1n) is 6.24. The van der Waals surface area contributed by atoms with Crippen LogP contribution in [-0.2, 0) is 7.05 Å². The highest BCUT2D eigenvalue weighted by Gasteiger charge is 2.23. The summed E-state index contributed by atoms with van der Waals surface area (Å²) in [6.07, 6.45) is 1.26. The molecule has 1 aromatic heterocycles. The van der Waals surface area contributed by atoms with Gasteiger partial charge in [0.2, 0.25) is 0 Å². The molecule has 0 bridgehead atoms. The van der Waals surface area contributed by atoms with E-state index in [4.69, 9.17) is 0 Å². The van der Waals surface area contributed by atoms with Gasteiger partial charge in [0.15, 0.2) is 0 Å². The quantitative estimate of drug-likeness (QED) is 0.825. The number of aromatic nitrogens is 2. The van der Waals surface area contributed by atoms with Crippen molar-refractivity contribution in [3.63, 3.8) is 0 Å². The highest BCUT2D eigenvalue weighted by molar-refractivity contribution is 5.78. The molecule has 2 heterocycles. The van der Waals surface area contributed by atoms with Crippen LogP contribution in [0.4, 0.5) is 4.39 Å². The molecule has 1 unspecified atom stereocenters. The summed E-state index contributed by atoms with van der Waals surface area (Å²) < 4.78 is 16.3. The van der Waals surface area contributed by atoms with E-state index in [1.165, 1.54) is 16.7 Å². The van der Waals surface area contributed by atoms with Crippen molar-refractivity contribution in [2.45, 2.75) is 19.0 Å². The van der Waals surface area contributed by atoms with Gasteiger partial charge in [-0.05, 0) is 31.5 Å². The minimum absolute atomic E-state index is 0.0294. The zero-order valence-electron chi connectivity index (χ0n) is 10.5. The monoisotopic (exact) mass is 263 g/mol. The summed E-state index contributed by atoms with van der Waals surface area (Å²) in [5, 5.41) is 3.06. The molecule has 0 spiro atoms. The van der Waals surface area contributed by atoms with Crippen LogP contribution in [0, 0.1) is 5.82 Å². The predicted molar refractivity (Wildman–Crippen MR) is 69.7 cm³/mol. The number of aryl methyl sites for hydroxylation is 1. The van der Waals surface area contributed by atoms with E-state index in [9.17, 15) is 14.0 Å². The van der Waals surface area contributed by atoms with E-state index in [1.54, 1.807) is 13.1 Å². The minimum Gasteiger partial charge on any atom is -0.297 e. The Morgan fingerprint density at radius 3 is 2.84 bits per heavy atom. The summed E-state index contributed by atoms with van der Waals surface area (Å²) in [5.74, 6) is -0.593. The van der Waals surface area contributed by atoms with Gasteiger partial charge in [-0.15, -0.1) is 0 Å². The summed E-state index contributed by atoms with van der Waals surface area (Å²) >= 11 is 0. The Morgan fingerprint density at radius 1 is 1.37 bits per heavy atom. The van der Waals surface area contributed by atoms with Gasteiger partial charge >= 0.3 is 5.69 Å². The molecule has 1 aromatic carbocycles. The van der Waals surface area contributed by atoms with E-state index in [-0.39, 0.29) is 11.6 Å². The van der Waals surface area contributed by atoms with Gasteiger partial charge in [0.05, 0.1) is 17.1 Å². The number of hydrogen-bond acceptors (Lipinski definition) is 3. The lowest BCUT2D eigenvalue weighted by Crippen LogP contribution is -2.44. The molecule has 1 fully saturated rings. The number of benzene rings is 1. The maximum absolute atomic E-state index is 13.9. The van der Waals surface area contributed by atoms with Crippen molar-refractivity contribution in [1.29, 1.82) is 0 Å². The second-order valence-electron chi connectivity index (χ2n) is 4.76. The summed E-state index contributed by atoms with van der Waals surface area (Å²) in [5.41, 5.74) is -0.651. The maximum atomic E-state index is 13.9. The van der Waals surface area contributed by atoms with Crippen LogP contribution in [0.3, 0.4) is 0 Å². The summed E-state index contributed by atoms with van der Waals surface area (Å²) in [6, 6.07) is 4.31. The maximum Gasteiger partial charge on any atom is 0.332 e. The molecule has 19 heavy (non-hydrogen) atoms. The second-order valence-corrected chi connectivity index (χ2v) is 4.76. The molecule has 100 valence electrons. The van der Waals surface area contributed by atoms with E-state index in [2.05, 4.69) is 5.32 Å². The van der Waals surface area contributed by atoms with Gasteiger partial charge in [0.1, 0.15) is 5.82 Å². The van der Waals surface area contributed by atoms with Crippen LogP contribution in [-0.4, -0.2) is 15.7 Å². The first kappa shape index (κ1) is 12.1. The number of fused-ring (bicyclic) bond motifs is 1. The van der Waals surface area contributed by atoms with Gasteiger partial charge < -0.3 is 0 Å². The Morgan fingerprint density at radius 2 is 2.16 bits per heavy atom. The van der Waals surface area contributed by atoms with Crippen molar-refractivity contribution in [2.75, 3.05) is 6.54 Å². The standard InChI is InChI=1S/C13H14FN3O2/c1-16-9-5-2-4-8(14)11(9)12(18)17(13(16)19)10-6-3-7-15-10/h2,4-5,10,15H,3,6-7H2,1H3. The number of hydrogen-bond donors (Lipinski definition) is 1. The van der Waals surface area contributed by atoms with Crippen molar-refractivity contribution < 1.29 is 4.39 Å². The summed E-state index contributed by atoms with van der Waals surface area (Å²) in [6.45, 7) is 0.759. The van der Waals surface area contributed by atoms with Crippen LogP contribution in [0.25, 0.3) is 10.9 Å². The molecule has 1 aliphatic rings. The van der Waals surface area contributed by atoms with Crippen LogP contribution < -0.4 is 16.6 Å². The van der Waals surface area contributed by atoms with E-state index < -0.39 is 17.1 Å². The second kappa shape index (κ2) is 4.31. The van der Waals surface area contributed by atoms with Crippen molar-refractivity contribution in [3.05, 3.63) is 44.9 Å². The average molecular weight is 263 g/mol. The Labute approximate surface area is 108 Å². The molecule has 0 saturated carbocycles. The van der Waals surface area contributed by atoms with Crippen LogP contribution in [0.5, 0.6) is 0 Å². The van der Waals surface area contributed by atoms with Gasteiger partial charge in [0, 0.05) is 7.05 Å². The highest BCUT2D eigenvalue weighted by atomic mass is 19.1. The largest absolute Gasteiger partial charge is 0.332 e. The molecule has 6 heteroatoms. The van der Waals surface area contributed by atoms with Crippen LogP contribution in [0.15, 0.2) is 27.8 Å². The number of nitrogens with one attached hydrogen (secondary N) is 1. The molecule has 0 aliphatic carbocycles. The fourth-order valence-electron chi connectivity index (χ4n) is 2.64. The minimum atomic E-state index is -0.593. The smallest absolute Gasteiger partial charge is 0.297 e. The summed E-state index contributed by atoms with van der Waals surface area (Å²) in [4.78, 5) is 24.6. The zero-order chi connectivity index (χ0) is 13.6. The van der Waals surface area contributed by atoms with E-state index >= 15 is 0 Å². The van der Waals surface area contributed by atoms with Gasteiger partial charge in [0.25, 0.3) is 5.56 Å². The summed E-state index contributed by atoms with van der Waals surface area (Å²) in [7, 11) is 1.55. The topological polar surface area (TPSA) is 56.0 Å². The van der Waals surface area contributed by atoms with Gasteiger partial charge in [-0.25, -0.2) is 13.8 Å². The molecular weight excluding hydrogens is 249 g/mol. The lowest BCUT2D eigenvalue weighted by Gasteiger charge is -2.16. The Balaban J connectivity index is 2.43. The van der Waals surface area contributed by atoms with E-state index in [0.29, 0.717) is 11.9 Å². The van der Waals surface area contributed by atoms with Crippen molar-refractivity contribution in [3.8, 4) is 0 Å². The molecule has 1 N–H and O–H groups in total. The van der Waals surface area contributed by atoms with Crippen LogP contribution >= 0.6 is 0 Å². The van der Waals surface area contributed by atoms with E-state index in [0.717, 1.165) is 17.5 Å². The van der Waals surface area contributed by atoms with Gasteiger partial charge in [-0.2, -0.15) is 0 Å². The Kier molecular flexibility index (Phi) is 2.74. The van der Waals surface area contributed by atoms with Crippen LogP contribution in [0.2, 0.25) is 0 Å². The molecular formula is C13H14FN3O2. The predicted octanol–water partition coefficient (Wildman–Crippen LogP) is 0.721. The zero-order valence-corrected chi connectivity index (χ0v) is 10.5. The molecule has 1 saturated heterocycles. The lowest BCUT2D eigenvalue weighted by atomic mass is 10.2. The van der Waals surface area contributed by atoms with Gasteiger partial charge in [-0.3, -0.25) is 14.7 Å². The number of nitrogens with zero attached hydrogens (tertiary/aromatic N) is 2. The van der Waals surface area contributed by atoms with E-state index in [1.807, 2.05) is 0 Å². The molecule has 0 amide bonds. The van der Waals surface area contributed by atoms with Crippen molar-refractivity contribution in [1.82, 2.24) is 14.5 Å².